The Kier molecular flexibility index (Phi) is 19.3. The normalized spacial score (nSPS) is 24.8. The summed E-state index contributed by atoms with van der Waals surface area (Å²) in [7, 11) is 0. The maximum atomic E-state index is 12.1. The van der Waals surface area contributed by atoms with Crippen molar-refractivity contribution >= 4 is 5.97 Å². The van der Waals surface area contributed by atoms with Crippen LogP contribution in [-0.2, 0) is 19.0 Å². The molecule has 206 valence electrons. The van der Waals surface area contributed by atoms with Gasteiger partial charge in [0.2, 0.25) is 0 Å². The van der Waals surface area contributed by atoms with Crippen molar-refractivity contribution in [2.24, 2.45) is 0 Å². The Labute approximate surface area is 213 Å². The van der Waals surface area contributed by atoms with Crippen LogP contribution < -0.4 is 0 Å². The second kappa shape index (κ2) is 21.1. The topological polar surface area (TPSA) is 105 Å². The van der Waals surface area contributed by atoms with E-state index in [0.717, 1.165) is 44.9 Å². The maximum absolute atomic E-state index is 12.1. The van der Waals surface area contributed by atoms with Crippen LogP contribution in [0.25, 0.3) is 0 Å². The fraction of sp³-hybridized carbons (Fsp3) is 0.893. The van der Waals surface area contributed by atoms with Crippen LogP contribution in [0.15, 0.2) is 12.2 Å². The fourth-order valence-electron chi connectivity index (χ4n) is 4.12. The highest BCUT2D eigenvalue weighted by atomic mass is 16.7. The lowest BCUT2D eigenvalue weighted by molar-refractivity contribution is -0.301. The van der Waals surface area contributed by atoms with Crippen molar-refractivity contribution in [1.29, 1.82) is 0 Å². The van der Waals surface area contributed by atoms with Gasteiger partial charge in [0.25, 0.3) is 0 Å². The zero-order chi connectivity index (χ0) is 25.7. The van der Waals surface area contributed by atoms with E-state index in [1.807, 2.05) is 6.92 Å². The van der Waals surface area contributed by atoms with Crippen molar-refractivity contribution in [3.8, 4) is 0 Å². The summed E-state index contributed by atoms with van der Waals surface area (Å²) >= 11 is 0. The highest BCUT2D eigenvalue weighted by Crippen LogP contribution is 2.23. The first-order valence-corrected chi connectivity index (χ1v) is 14.1. The molecule has 0 saturated carbocycles. The van der Waals surface area contributed by atoms with Crippen LogP contribution in [0.3, 0.4) is 0 Å². The van der Waals surface area contributed by atoms with Gasteiger partial charge in [0.1, 0.15) is 31.0 Å². The molecule has 5 atom stereocenters. The molecule has 0 radical (unpaired) electrons. The summed E-state index contributed by atoms with van der Waals surface area (Å²) in [6.45, 7) is 4.46. The molecule has 0 amide bonds. The number of allylic oxidation sites excluding steroid dienone is 2. The Balaban J connectivity index is 2.04. The van der Waals surface area contributed by atoms with E-state index >= 15 is 0 Å². The van der Waals surface area contributed by atoms with Crippen molar-refractivity contribution in [2.75, 3.05) is 13.2 Å². The quantitative estimate of drug-likeness (QED) is 0.113. The van der Waals surface area contributed by atoms with E-state index in [1.54, 1.807) is 0 Å². The van der Waals surface area contributed by atoms with Gasteiger partial charge in [-0.15, -0.1) is 0 Å². The number of hydrogen-bond acceptors (Lipinski definition) is 7. The molecule has 0 spiro atoms. The maximum Gasteiger partial charge on any atom is 0.305 e. The smallest absolute Gasteiger partial charge is 0.305 e. The number of carbonyl (C=O) groups excluding carboxylic acids is 1. The summed E-state index contributed by atoms with van der Waals surface area (Å²) in [6.07, 6.45) is 16.2. The standard InChI is InChI=1S/C28H52O7/c1-3-5-7-8-9-10-11-12-13-14-15-16-17-18-19-20-24(29)34-22-23-25(30)26(31)27(32)28(35-23)33-21-6-4-2/h12-13,23,25-28,30-32H,3-11,14-22H2,1-2H3/b13-12-/t23-,25-,26+,27-,28?/m1/s1. The predicted molar refractivity (Wildman–Crippen MR) is 138 cm³/mol. The summed E-state index contributed by atoms with van der Waals surface area (Å²) in [4.78, 5) is 12.1. The number of ether oxygens (including phenoxy) is 3. The van der Waals surface area contributed by atoms with E-state index in [9.17, 15) is 20.1 Å². The number of carbonyl (C=O) groups is 1. The van der Waals surface area contributed by atoms with Crippen LogP contribution >= 0.6 is 0 Å². The van der Waals surface area contributed by atoms with Gasteiger partial charge in [-0.3, -0.25) is 4.79 Å². The first-order chi connectivity index (χ1) is 17.0. The third-order valence-corrected chi connectivity index (χ3v) is 6.50. The van der Waals surface area contributed by atoms with Gasteiger partial charge >= 0.3 is 5.97 Å². The summed E-state index contributed by atoms with van der Waals surface area (Å²) in [5.41, 5.74) is 0. The lowest BCUT2D eigenvalue weighted by atomic mass is 9.99. The zero-order valence-corrected chi connectivity index (χ0v) is 22.2. The lowest BCUT2D eigenvalue weighted by Crippen LogP contribution is -2.59. The molecule has 35 heavy (non-hydrogen) atoms. The highest BCUT2D eigenvalue weighted by Gasteiger charge is 2.44. The van der Waals surface area contributed by atoms with E-state index < -0.39 is 30.7 Å². The summed E-state index contributed by atoms with van der Waals surface area (Å²) < 4.78 is 16.3. The predicted octanol–water partition coefficient (Wildman–Crippen LogP) is 5.19. The van der Waals surface area contributed by atoms with Crippen LogP contribution in [-0.4, -0.2) is 65.2 Å². The molecule has 1 aliphatic heterocycles. The summed E-state index contributed by atoms with van der Waals surface area (Å²) in [6, 6.07) is 0. The molecule has 3 N–H and O–H groups in total. The first-order valence-electron chi connectivity index (χ1n) is 14.1. The Morgan fingerprint density at radius 3 is 1.94 bits per heavy atom. The molecule has 1 saturated heterocycles. The molecule has 0 aromatic carbocycles. The molecule has 1 fully saturated rings. The molecule has 0 aliphatic carbocycles. The Bertz CT molecular complexity index is 539. The van der Waals surface area contributed by atoms with Crippen LogP contribution in [0.2, 0.25) is 0 Å². The number of aliphatic hydroxyl groups excluding tert-OH is 3. The van der Waals surface area contributed by atoms with Crippen molar-refractivity contribution in [2.45, 2.75) is 147 Å². The third-order valence-electron chi connectivity index (χ3n) is 6.50. The van der Waals surface area contributed by atoms with Crippen molar-refractivity contribution in [3.63, 3.8) is 0 Å². The lowest BCUT2D eigenvalue weighted by Gasteiger charge is -2.39. The van der Waals surface area contributed by atoms with E-state index in [-0.39, 0.29) is 12.6 Å². The number of hydrogen-bond donors (Lipinski definition) is 3. The van der Waals surface area contributed by atoms with Crippen LogP contribution in [0, 0.1) is 0 Å². The van der Waals surface area contributed by atoms with Crippen molar-refractivity contribution < 1.29 is 34.3 Å². The third kappa shape index (κ3) is 15.0. The van der Waals surface area contributed by atoms with Gasteiger partial charge in [-0.2, -0.15) is 0 Å². The SMILES string of the molecule is CCCCCCCC/C=C\CCCCCCCC(=O)OC[C@H]1OC(OCCCC)[C@H](O)[C@@H](O)[C@@H]1O. The zero-order valence-electron chi connectivity index (χ0n) is 22.2. The van der Waals surface area contributed by atoms with E-state index in [0.29, 0.717) is 13.0 Å². The van der Waals surface area contributed by atoms with Gasteiger partial charge in [-0.1, -0.05) is 83.8 Å². The minimum Gasteiger partial charge on any atom is -0.463 e. The molecule has 0 bridgehead atoms. The molecule has 7 nitrogen and oxygen atoms in total. The summed E-state index contributed by atoms with van der Waals surface area (Å²) in [5.74, 6) is -0.345. The Hall–Kier alpha value is -0.990. The second-order valence-corrected chi connectivity index (χ2v) is 9.76. The van der Waals surface area contributed by atoms with E-state index in [4.69, 9.17) is 14.2 Å². The minimum absolute atomic E-state index is 0.178. The molecular weight excluding hydrogens is 448 g/mol. The van der Waals surface area contributed by atoms with Gasteiger partial charge in [-0.05, 0) is 38.5 Å². The van der Waals surface area contributed by atoms with Gasteiger partial charge in [0.05, 0.1) is 0 Å². The number of unbranched alkanes of at least 4 members (excludes halogenated alkanes) is 12. The monoisotopic (exact) mass is 500 g/mol. The molecule has 1 unspecified atom stereocenters. The van der Waals surface area contributed by atoms with Crippen molar-refractivity contribution in [3.05, 3.63) is 12.2 Å². The number of esters is 1. The molecule has 0 aromatic rings. The number of aliphatic hydroxyl groups is 3. The molecule has 0 aromatic heterocycles. The van der Waals surface area contributed by atoms with Gasteiger partial charge in [0.15, 0.2) is 6.29 Å². The molecule has 1 heterocycles. The molecule has 1 aliphatic rings. The minimum atomic E-state index is -1.41. The van der Waals surface area contributed by atoms with E-state index in [1.165, 1.54) is 51.4 Å². The average molecular weight is 501 g/mol. The average Bonchev–Trinajstić information content (AvgIpc) is 2.85. The summed E-state index contributed by atoms with van der Waals surface area (Å²) in [5, 5.41) is 30.2. The van der Waals surface area contributed by atoms with Crippen molar-refractivity contribution in [1.82, 2.24) is 0 Å². The first kappa shape index (κ1) is 32.0. The number of rotatable bonds is 21. The van der Waals surface area contributed by atoms with Gasteiger partial charge < -0.3 is 29.5 Å². The fourth-order valence-corrected chi connectivity index (χ4v) is 4.12. The van der Waals surface area contributed by atoms with Crippen LogP contribution in [0.4, 0.5) is 0 Å². The van der Waals surface area contributed by atoms with Crippen LogP contribution in [0.5, 0.6) is 0 Å². The van der Waals surface area contributed by atoms with Crippen LogP contribution in [0.1, 0.15) is 117 Å². The largest absolute Gasteiger partial charge is 0.463 e. The molecule has 1 rings (SSSR count). The highest BCUT2D eigenvalue weighted by molar-refractivity contribution is 5.69. The second-order valence-electron chi connectivity index (χ2n) is 9.76. The molecular formula is C28H52O7. The Morgan fingerprint density at radius 1 is 0.743 bits per heavy atom. The Morgan fingerprint density at radius 2 is 1.31 bits per heavy atom. The molecule has 7 heteroatoms. The van der Waals surface area contributed by atoms with E-state index in [2.05, 4.69) is 19.1 Å². The van der Waals surface area contributed by atoms with Gasteiger partial charge in [0, 0.05) is 13.0 Å². The van der Waals surface area contributed by atoms with Gasteiger partial charge in [-0.25, -0.2) is 0 Å².